The lowest BCUT2D eigenvalue weighted by Crippen LogP contribution is -2.51. The van der Waals surface area contributed by atoms with Crippen LogP contribution in [0.3, 0.4) is 0 Å². The number of aliphatic hydroxyl groups excluding tert-OH is 1. The van der Waals surface area contributed by atoms with Gasteiger partial charge in [-0.05, 0) is 63.2 Å². The van der Waals surface area contributed by atoms with E-state index in [0.717, 1.165) is 37.0 Å². The van der Waals surface area contributed by atoms with Crippen LogP contribution in [0, 0.1) is 23.2 Å². The minimum Gasteiger partial charge on any atom is -0.436 e. The Hall–Kier alpha value is -0.570. The largest absolute Gasteiger partial charge is 0.436 e. The molecular weight excluding hydrogens is 204 g/mol. The van der Waals surface area contributed by atoms with Crippen LogP contribution in [0.25, 0.3) is 0 Å². The van der Waals surface area contributed by atoms with Gasteiger partial charge in [-0.2, -0.15) is 0 Å². The van der Waals surface area contributed by atoms with Crippen LogP contribution in [-0.2, 0) is 9.53 Å². The number of carbonyl (C=O) groups is 1. The molecule has 4 saturated carbocycles. The third-order valence-electron chi connectivity index (χ3n) is 4.75. The second kappa shape index (κ2) is 3.46. The van der Waals surface area contributed by atoms with Gasteiger partial charge in [-0.3, -0.25) is 4.79 Å². The number of rotatable bonds is 2. The Bertz CT molecular complexity index is 273. The van der Waals surface area contributed by atoms with Crippen LogP contribution >= 0.6 is 0 Å². The monoisotopic (exact) mass is 224 g/mol. The molecule has 4 rings (SSSR count). The maximum absolute atomic E-state index is 12.1. The summed E-state index contributed by atoms with van der Waals surface area (Å²) in [4.78, 5) is 12.1. The predicted octanol–water partition coefficient (Wildman–Crippen LogP) is 2.08. The van der Waals surface area contributed by atoms with Gasteiger partial charge in [0.1, 0.15) is 0 Å². The second-order valence-corrected chi connectivity index (χ2v) is 6.20. The van der Waals surface area contributed by atoms with Crippen molar-refractivity contribution < 1.29 is 14.6 Å². The van der Waals surface area contributed by atoms with Gasteiger partial charge >= 0.3 is 5.97 Å². The van der Waals surface area contributed by atoms with Crippen molar-refractivity contribution in [1.29, 1.82) is 0 Å². The van der Waals surface area contributed by atoms with Crippen molar-refractivity contribution in [3.05, 3.63) is 0 Å². The summed E-state index contributed by atoms with van der Waals surface area (Å²) in [6, 6.07) is 0. The number of hydrogen-bond acceptors (Lipinski definition) is 3. The van der Waals surface area contributed by atoms with Gasteiger partial charge in [0.15, 0.2) is 6.29 Å². The highest BCUT2D eigenvalue weighted by molar-refractivity contribution is 5.77. The summed E-state index contributed by atoms with van der Waals surface area (Å²) in [6.45, 7) is 1.51. The second-order valence-electron chi connectivity index (χ2n) is 6.20. The summed E-state index contributed by atoms with van der Waals surface area (Å²) in [5.74, 6) is 2.09. The first-order chi connectivity index (χ1) is 7.57. The molecular formula is C13H20O3. The van der Waals surface area contributed by atoms with Crippen molar-refractivity contribution in [2.45, 2.75) is 51.7 Å². The molecule has 4 bridgehead atoms. The third kappa shape index (κ3) is 1.56. The van der Waals surface area contributed by atoms with E-state index in [0.29, 0.717) is 0 Å². The van der Waals surface area contributed by atoms with Gasteiger partial charge in [-0.25, -0.2) is 0 Å². The fourth-order valence-electron chi connectivity index (χ4n) is 4.64. The molecule has 4 aliphatic carbocycles. The molecule has 0 saturated heterocycles. The van der Waals surface area contributed by atoms with Crippen LogP contribution in [0.2, 0.25) is 0 Å². The average molecular weight is 224 g/mol. The molecule has 1 N–H and O–H groups in total. The normalized spacial score (nSPS) is 46.8. The van der Waals surface area contributed by atoms with Crippen molar-refractivity contribution in [3.8, 4) is 0 Å². The van der Waals surface area contributed by atoms with Crippen LogP contribution in [0.15, 0.2) is 0 Å². The molecule has 0 heterocycles. The molecule has 0 aromatic heterocycles. The van der Waals surface area contributed by atoms with E-state index in [1.807, 2.05) is 0 Å². The number of hydrogen-bond donors (Lipinski definition) is 1. The maximum Gasteiger partial charge on any atom is 0.314 e. The van der Waals surface area contributed by atoms with Crippen molar-refractivity contribution in [2.75, 3.05) is 0 Å². The van der Waals surface area contributed by atoms with Gasteiger partial charge in [0.05, 0.1) is 5.41 Å². The lowest BCUT2D eigenvalue weighted by molar-refractivity contribution is -0.191. The van der Waals surface area contributed by atoms with Gasteiger partial charge in [-0.1, -0.05) is 0 Å². The minimum atomic E-state index is -0.958. The summed E-state index contributed by atoms with van der Waals surface area (Å²) in [7, 11) is 0. The first-order valence-corrected chi connectivity index (χ1v) is 6.46. The van der Waals surface area contributed by atoms with Crippen molar-refractivity contribution in [2.24, 2.45) is 23.2 Å². The Morgan fingerprint density at radius 2 is 1.62 bits per heavy atom. The molecule has 3 heteroatoms. The quantitative estimate of drug-likeness (QED) is 0.577. The Balaban J connectivity index is 1.80. The Kier molecular flexibility index (Phi) is 2.29. The lowest BCUT2D eigenvalue weighted by Gasteiger charge is -2.55. The maximum atomic E-state index is 12.1. The van der Waals surface area contributed by atoms with Gasteiger partial charge < -0.3 is 9.84 Å². The van der Waals surface area contributed by atoms with Crippen LogP contribution < -0.4 is 0 Å². The zero-order valence-electron chi connectivity index (χ0n) is 9.82. The molecule has 0 spiro atoms. The summed E-state index contributed by atoms with van der Waals surface area (Å²) in [6.07, 6.45) is 6.02. The molecule has 0 amide bonds. The molecule has 0 radical (unpaired) electrons. The summed E-state index contributed by atoms with van der Waals surface area (Å²) < 4.78 is 5.05. The number of esters is 1. The van der Waals surface area contributed by atoms with Crippen LogP contribution in [0.1, 0.15) is 45.4 Å². The SMILES string of the molecule is CC(O)OC(=O)C12CC3CC(CC(C3)C1)C2. The Morgan fingerprint density at radius 1 is 1.19 bits per heavy atom. The summed E-state index contributed by atoms with van der Waals surface area (Å²) in [5.41, 5.74) is -0.230. The van der Waals surface area contributed by atoms with E-state index in [1.54, 1.807) is 0 Å². The predicted molar refractivity (Wildman–Crippen MR) is 58.4 cm³/mol. The Morgan fingerprint density at radius 3 is 2.00 bits per heavy atom. The zero-order chi connectivity index (χ0) is 11.3. The molecule has 1 unspecified atom stereocenters. The van der Waals surface area contributed by atoms with Crippen LogP contribution in [-0.4, -0.2) is 17.4 Å². The fraction of sp³-hybridized carbons (Fsp3) is 0.923. The molecule has 0 aromatic carbocycles. The highest BCUT2D eigenvalue weighted by Crippen LogP contribution is 2.60. The van der Waals surface area contributed by atoms with Gasteiger partial charge in [-0.15, -0.1) is 0 Å². The first kappa shape index (κ1) is 10.6. The van der Waals surface area contributed by atoms with Crippen molar-refractivity contribution in [3.63, 3.8) is 0 Å². The molecule has 4 aliphatic rings. The summed E-state index contributed by atoms with van der Waals surface area (Å²) >= 11 is 0. The number of ether oxygens (including phenoxy) is 1. The number of aliphatic hydroxyl groups is 1. The van der Waals surface area contributed by atoms with Crippen LogP contribution in [0.5, 0.6) is 0 Å². The van der Waals surface area contributed by atoms with Gasteiger partial charge in [0.25, 0.3) is 0 Å². The van der Waals surface area contributed by atoms with E-state index in [1.165, 1.54) is 26.2 Å². The zero-order valence-corrected chi connectivity index (χ0v) is 9.82. The number of carbonyl (C=O) groups excluding carboxylic acids is 1. The van der Waals surface area contributed by atoms with E-state index < -0.39 is 6.29 Å². The standard InChI is InChI=1S/C13H20O3/c1-8(14)16-12(15)13-5-9-2-10(6-13)4-11(3-9)7-13/h8-11,14H,2-7H2,1H3. The van der Waals surface area contributed by atoms with Crippen LogP contribution in [0.4, 0.5) is 0 Å². The Labute approximate surface area is 96.2 Å². The van der Waals surface area contributed by atoms with E-state index in [-0.39, 0.29) is 11.4 Å². The molecule has 16 heavy (non-hydrogen) atoms. The van der Waals surface area contributed by atoms with E-state index in [9.17, 15) is 9.90 Å². The van der Waals surface area contributed by atoms with E-state index >= 15 is 0 Å². The van der Waals surface area contributed by atoms with E-state index in [4.69, 9.17) is 4.74 Å². The fourth-order valence-corrected chi connectivity index (χ4v) is 4.64. The summed E-state index contributed by atoms with van der Waals surface area (Å²) in [5, 5.41) is 9.18. The molecule has 3 nitrogen and oxygen atoms in total. The van der Waals surface area contributed by atoms with Gasteiger partial charge in [0.2, 0.25) is 0 Å². The molecule has 1 atom stereocenters. The smallest absolute Gasteiger partial charge is 0.314 e. The van der Waals surface area contributed by atoms with Crippen molar-refractivity contribution >= 4 is 5.97 Å². The topological polar surface area (TPSA) is 46.5 Å². The van der Waals surface area contributed by atoms with Crippen molar-refractivity contribution in [1.82, 2.24) is 0 Å². The average Bonchev–Trinajstić information content (AvgIpc) is 2.13. The first-order valence-electron chi connectivity index (χ1n) is 6.46. The van der Waals surface area contributed by atoms with E-state index in [2.05, 4.69) is 0 Å². The third-order valence-corrected chi connectivity index (χ3v) is 4.75. The molecule has 0 aromatic rings. The molecule has 0 aliphatic heterocycles. The van der Waals surface area contributed by atoms with Gasteiger partial charge in [0, 0.05) is 0 Å². The minimum absolute atomic E-state index is 0.137. The lowest BCUT2D eigenvalue weighted by atomic mass is 9.49. The molecule has 90 valence electrons. The molecule has 4 fully saturated rings. The highest BCUT2D eigenvalue weighted by atomic mass is 16.6. The highest BCUT2D eigenvalue weighted by Gasteiger charge is 2.55.